The molecule has 0 bridgehead atoms. The van der Waals surface area contributed by atoms with Gasteiger partial charge in [-0.25, -0.2) is 9.59 Å². The minimum Gasteiger partial charge on any atom is -0.475 e. The Balaban J connectivity index is 0.000000809. The first-order valence-electron chi connectivity index (χ1n) is 12.1. The Hall–Kier alpha value is -1.61. The van der Waals surface area contributed by atoms with Crippen molar-refractivity contribution in [3.05, 3.63) is 0 Å². The number of hydrogen-bond donors (Lipinski definition) is 4. The number of Topliss-reactive ketones (excluding diaryl/α,β-unsaturated/α-hetero) is 1. The summed E-state index contributed by atoms with van der Waals surface area (Å²) in [5.41, 5.74) is 5.38. The Kier molecular flexibility index (Phi) is 16.8. The van der Waals surface area contributed by atoms with Crippen LogP contribution in [-0.4, -0.2) is 98.3 Å². The van der Waals surface area contributed by atoms with E-state index in [9.17, 15) is 22.8 Å². The molecule has 2 amide bonds. The fourth-order valence-electron chi connectivity index (χ4n) is 3.53. The van der Waals surface area contributed by atoms with Crippen LogP contribution >= 0.6 is 11.8 Å². The van der Waals surface area contributed by atoms with Crippen molar-refractivity contribution in [2.75, 3.05) is 51.9 Å². The van der Waals surface area contributed by atoms with Crippen molar-refractivity contribution < 1.29 is 46.9 Å². The van der Waals surface area contributed by atoms with Crippen LogP contribution in [0.1, 0.15) is 44.9 Å². The lowest BCUT2D eigenvalue weighted by atomic mass is 10.0. The van der Waals surface area contributed by atoms with Crippen LogP contribution < -0.4 is 16.4 Å². The molecule has 0 aliphatic carbocycles. The second-order valence-electron chi connectivity index (χ2n) is 8.29. The number of ketones is 1. The Morgan fingerprint density at radius 2 is 1.50 bits per heavy atom. The lowest BCUT2D eigenvalue weighted by Gasteiger charge is -2.16. The molecule has 2 saturated heterocycles. The van der Waals surface area contributed by atoms with Gasteiger partial charge in [0.05, 0.1) is 38.5 Å². The molecule has 3 atom stereocenters. The maximum absolute atomic E-state index is 12.0. The molecule has 2 heterocycles. The van der Waals surface area contributed by atoms with E-state index in [-0.39, 0.29) is 18.1 Å². The largest absolute Gasteiger partial charge is 0.490 e. The molecule has 0 spiro atoms. The summed E-state index contributed by atoms with van der Waals surface area (Å²) < 4.78 is 48.0. The number of urea groups is 1. The van der Waals surface area contributed by atoms with E-state index in [0.717, 1.165) is 37.9 Å². The Labute approximate surface area is 213 Å². The minimum atomic E-state index is -5.08. The van der Waals surface area contributed by atoms with Crippen molar-refractivity contribution in [2.45, 2.75) is 68.5 Å². The zero-order valence-corrected chi connectivity index (χ0v) is 21.2. The predicted octanol–water partition coefficient (Wildman–Crippen LogP) is 2.09. The lowest BCUT2D eigenvalue weighted by Crippen LogP contribution is -2.36. The maximum Gasteiger partial charge on any atom is 0.490 e. The Morgan fingerprint density at radius 3 is 2.08 bits per heavy atom. The van der Waals surface area contributed by atoms with Crippen molar-refractivity contribution >= 4 is 29.5 Å². The summed E-state index contributed by atoms with van der Waals surface area (Å²) in [6, 6.07) is 0.494. The van der Waals surface area contributed by atoms with Gasteiger partial charge in [-0.2, -0.15) is 24.9 Å². The highest BCUT2D eigenvalue weighted by Gasteiger charge is 2.42. The highest BCUT2D eigenvalue weighted by Crippen LogP contribution is 2.33. The van der Waals surface area contributed by atoms with Crippen LogP contribution in [0, 0.1) is 0 Å². The normalized spacial score (nSPS) is 20.8. The number of ether oxygens (including phenoxy) is 3. The number of amides is 2. The van der Waals surface area contributed by atoms with E-state index in [2.05, 4.69) is 10.6 Å². The van der Waals surface area contributed by atoms with E-state index < -0.39 is 12.1 Å². The third-order valence-electron chi connectivity index (χ3n) is 5.36. The van der Waals surface area contributed by atoms with Gasteiger partial charge in [-0.1, -0.05) is 6.42 Å². The molecule has 2 fully saturated rings. The van der Waals surface area contributed by atoms with E-state index in [4.69, 9.17) is 29.8 Å². The van der Waals surface area contributed by atoms with Crippen LogP contribution in [0.5, 0.6) is 0 Å². The number of carboxylic acids is 1. The van der Waals surface area contributed by atoms with Crippen LogP contribution in [0.3, 0.4) is 0 Å². The molecule has 0 aromatic heterocycles. The molecular formula is C22H38F3N3O7S. The quantitative estimate of drug-likeness (QED) is 0.150. The number of halogens is 3. The molecular weight excluding hydrogens is 507 g/mol. The van der Waals surface area contributed by atoms with E-state index >= 15 is 0 Å². The number of carboxylic acid groups (broad SMARTS) is 1. The molecule has 5 N–H and O–H groups in total. The Bertz CT molecular complexity index is 659. The molecule has 0 unspecified atom stereocenters. The van der Waals surface area contributed by atoms with Gasteiger partial charge in [-0.3, -0.25) is 4.79 Å². The number of carbonyl (C=O) groups excluding carboxylic acids is 2. The van der Waals surface area contributed by atoms with Crippen LogP contribution in [0.15, 0.2) is 0 Å². The standard InChI is InChI=1S/C20H37N3O5S.C2HF3O2/c21-8-4-10-27-12-14-28-13-11-26-9-3-6-16(24)5-1-2-7-18-19-17(15-29-18)22-20(25)23-19;3-2(4,5)1(6)7/h17-19H,1-15,21H2,(H2,22,23,25);(H,6,7)/t17-,18-,19-;/m0./s1. The highest BCUT2D eigenvalue weighted by atomic mass is 32.2. The maximum atomic E-state index is 12.0. The highest BCUT2D eigenvalue weighted by molar-refractivity contribution is 8.00. The van der Waals surface area contributed by atoms with Crippen LogP contribution in [-0.2, 0) is 23.8 Å². The number of nitrogens with two attached hydrogens (primary N) is 1. The van der Waals surface area contributed by atoms with Crippen LogP contribution in [0.25, 0.3) is 0 Å². The Morgan fingerprint density at radius 1 is 0.944 bits per heavy atom. The van der Waals surface area contributed by atoms with Gasteiger partial charge in [0.2, 0.25) is 0 Å². The lowest BCUT2D eigenvalue weighted by molar-refractivity contribution is -0.192. The first-order chi connectivity index (χ1) is 17.1. The molecule has 0 aromatic carbocycles. The van der Waals surface area contributed by atoms with E-state index in [1.807, 2.05) is 11.8 Å². The molecule has 0 saturated carbocycles. The number of unbranched alkanes of at least 4 members (excludes halogenated alkanes) is 1. The van der Waals surface area contributed by atoms with Gasteiger partial charge in [0, 0.05) is 37.1 Å². The molecule has 0 aromatic rings. The van der Waals surface area contributed by atoms with Gasteiger partial charge in [0.15, 0.2) is 0 Å². The molecule has 14 heteroatoms. The summed E-state index contributed by atoms with van der Waals surface area (Å²) in [5, 5.41) is 13.6. The summed E-state index contributed by atoms with van der Waals surface area (Å²) in [4.78, 5) is 32.2. The zero-order chi connectivity index (χ0) is 26.8. The molecule has 10 nitrogen and oxygen atoms in total. The molecule has 0 radical (unpaired) electrons. The van der Waals surface area contributed by atoms with E-state index in [0.29, 0.717) is 70.1 Å². The van der Waals surface area contributed by atoms with Crippen LogP contribution in [0.2, 0.25) is 0 Å². The number of rotatable bonds is 18. The minimum absolute atomic E-state index is 0.0402. The number of fused-ring (bicyclic) bond motifs is 1. The van der Waals surface area contributed by atoms with Crippen molar-refractivity contribution in [3.8, 4) is 0 Å². The topological polar surface area (TPSA) is 149 Å². The summed E-state index contributed by atoms with van der Waals surface area (Å²) in [6.45, 7) is 4.17. The van der Waals surface area contributed by atoms with E-state index in [1.54, 1.807) is 0 Å². The predicted molar refractivity (Wildman–Crippen MR) is 128 cm³/mol. The summed E-state index contributed by atoms with van der Waals surface area (Å²) in [5.74, 6) is -1.46. The van der Waals surface area contributed by atoms with Gasteiger partial charge >= 0.3 is 18.2 Å². The number of hydrogen-bond acceptors (Lipinski definition) is 8. The third kappa shape index (κ3) is 14.8. The first kappa shape index (κ1) is 32.4. The molecule has 36 heavy (non-hydrogen) atoms. The molecule has 2 rings (SSSR count). The average molecular weight is 546 g/mol. The molecule has 2 aliphatic rings. The van der Waals surface area contributed by atoms with Crippen molar-refractivity contribution in [3.63, 3.8) is 0 Å². The number of carbonyl (C=O) groups is 3. The second kappa shape index (κ2) is 18.6. The van der Waals surface area contributed by atoms with Gasteiger partial charge in [0.25, 0.3) is 0 Å². The second-order valence-corrected chi connectivity index (χ2v) is 9.56. The SMILES string of the molecule is NCCCOCCOCCOCCCC(=O)CCCC[C@@H]1SC[C@@H]2NC(=O)N[C@@H]21.O=C(O)C(F)(F)F. The average Bonchev–Trinajstić information content (AvgIpc) is 3.36. The summed E-state index contributed by atoms with van der Waals surface area (Å²) >= 11 is 1.93. The van der Waals surface area contributed by atoms with E-state index in [1.165, 1.54) is 0 Å². The molecule has 210 valence electrons. The molecule has 2 aliphatic heterocycles. The number of thioether (sulfide) groups is 1. The fraction of sp³-hybridized carbons (Fsp3) is 0.864. The smallest absolute Gasteiger partial charge is 0.475 e. The third-order valence-corrected chi connectivity index (χ3v) is 6.86. The number of nitrogens with one attached hydrogen (secondary N) is 2. The van der Waals surface area contributed by atoms with Gasteiger partial charge < -0.3 is 35.7 Å². The van der Waals surface area contributed by atoms with Crippen molar-refractivity contribution in [1.29, 1.82) is 0 Å². The monoisotopic (exact) mass is 545 g/mol. The number of aliphatic carboxylic acids is 1. The fourth-order valence-corrected chi connectivity index (χ4v) is 5.08. The first-order valence-corrected chi connectivity index (χ1v) is 13.1. The number of alkyl halides is 3. The van der Waals surface area contributed by atoms with Gasteiger partial charge in [0.1, 0.15) is 5.78 Å². The van der Waals surface area contributed by atoms with Crippen molar-refractivity contribution in [2.24, 2.45) is 5.73 Å². The zero-order valence-electron chi connectivity index (χ0n) is 20.4. The van der Waals surface area contributed by atoms with Crippen molar-refractivity contribution in [1.82, 2.24) is 10.6 Å². The van der Waals surface area contributed by atoms with Gasteiger partial charge in [-0.05, 0) is 32.2 Å². The summed E-state index contributed by atoms with van der Waals surface area (Å²) in [7, 11) is 0. The van der Waals surface area contributed by atoms with Gasteiger partial charge in [-0.15, -0.1) is 0 Å². The van der Waals surface area contributed by atoms with Crippen LogP contribution in [0.4, 0.5) is 18.0 Å². The summed E-state index contributed by atoms with van der Waals surface area (Å²) in [6.07, 6.45) is 0.800.